The highest BCUT2D eigenvalue weighted by Gasteiger charge is 2.08. The van der Waals surface area contributed by atoms with E-state index in [0.29, 0.717) is 6.54 Å². The Morgan fingerprint density at radius 3 is 2.94 bits per heavy atom. The monoisotopic (exact) mass is 219 g/mol. The maximum atomic E-state index is 8.87. The number of H-pyrrole nitrogens is 1. The number of fused-ring (bicyclic) bond motifs is 1. The SMILES string of the molecule is Cc1[nH]c2ccccc2c1NCC(N)CO. The largest absolute Gasteiger partial charge is 0.395 e. The lowest BCUT2D eigenvalue weighted by atomic mass is 10.2. The fourth-order valence-corrected chi connectivity index (χ4v) is 1.80. The Kier molecular flexibility index (Phi) is 3.12. The number of anilines is 1. The van der Waals surface area contributed by atoms with E-state index in [1.54, 1.807) is 0 Å². The maximum Gasteiger partial charge on any atom is 0.0628 e. The molecule has 0 aliphatic carbocycles. The van der Waals surface area contributed by atoms with Gasteiger partial charge in [-0.1, -0.05) is 18.2 Å². The van der Waals surface area contributed by atoms with Gasteiger partial charge in [-0.25, -0.2) is 0 Å². The zero-order valence-electron chi connectivity index (χ0n) is 9.33. The topological polar surface area (TPSA) is 74.1 Å². The van der Waals surface area contributed by atoms with Crippen LogP contribution in [-0.2, 0) is 0 Å². The minimum absolute atomic E-state index is 0.00555. The predicted octanol–water partition coefficient (Wildman–Crippen LogP) is 1.21. The van der Waals surface area contributed by atoms with Gasteiger partial charge in [-0.2, -0.15) is 0 Å². The first-order chi connectivity index (χ1) is 7.72. The molecule has 0 radical (unpaired) electrons. The van der Waals surface area contributed by atoms with E-state index in [2.05, 4.69) is 16.4 Å². The predicted molar refractivity (Wildman–Crippen MR) is 66.6 cm³/mol. The number of benzene rings is 1. The summed E-state index contributed by atoms with van der Waals surface area (Å²) in [4.78, 5) is 3.30. The van der Waals surface area contributed by atoms with Crippen molar-refractivity contribution >= 4 is 16.6 Å². The molecule has 1 heterocycles. The summed E-state index contributed by atoms with van der Waals surface area (Å²) in [6.45, 7) is 2.58. The first-order valence-electron chi connectivity index (χ1n) is 5.40. The first-order valence-corrected chi connectivity index (χ1v) is 5.40. The summed E-state index contributed by atoms with van der Waals surface area (Å²) >= 11 is 0. The van der Waals surface area contributed by atoms with Gasteiger partial charge in [0.05, 0.1) is 12.3 Å². The highest BCUT2D eigenvalue weighted by atomic mass is 16.3. The molecule has 1 aromatic carbocycles. The summed E-state index contributed by atoms with van der Waals surface area (Å²) in [5.41, 5.74) is 8.93. The molecule has 1 atom stereocenters. The van der Waals surface area contributed by atoms with Crippen LogP contribution in [0.4, 0.5) is 5.69 Å². The minimum atomic E-state index is -0.229. The number of aromatic amines is 1. The molecule has 1 unspecified atom stereocenters. The Labute approximate surface area is 94.5 Å². The summed E-state index contributed by atoms with van der Waals surface area (Å²) < 4.78 is 0. The molecule has 0 saturated heterocycles. The molecule has 0 bridgehead atoms. The van der Waals surface area contributed by atoms with Crippen molar-refractivity contribution in [2.24, 2.45) is 5.73 Å². The molecule has 4 heteroatoms. The highest BCUT2D eigenvalue weighted by Crippen LogP contribution is 2.26. The Morgan fingerprint density at radius 1 is 1.44 bits per heavy atom. The second-order valence-electron chi connectivity index (χ2n) is 3.99. The molecule has 2 rings (SSSR count). The van der Waals surface area contributed by atoms with E-state index < -0.39 is 0 Å². The number of aryl methyl sites for hydroxylation is 1. The number of aromatic nitrogens is 1. The van der Waals surface area contributed by atoms with Gasteiger partial charge in [-0.15, -0.1) is 0 Å². The van der Waals surface area contributed by atoms with Crippen molar-refractivity contribution in [3.05, 3.63) is 30.0 Å². The van der Waals surface area contributed by atoms with Crippen molar-refractivity contribution in [3.8, 4) is 0 Å². The van der Waals surface area contributed by atoms with E-state index in [1.165, 1.54) is 0 Å². The number of aliphatic hydroxyl groups is 1. The third-order valence-corrected chi connectivity index (χ3v) is 2.67. The zero-order valence-corrected chi connectivity index (χ0v) is 9.33. The fourth-order valence-electron chi connectivity index (χ4n) is 1.80. The molecule has 2 aromatic rings. The number of aliphatic hydroxyl groups excluding tert-OH is 1. The molecule has 0 aliphatic rings. The summed E-state index contributed by atoms with van der Waals surface area (Å²) in [7, 11) is 0. The number of nitrogens with two attached hydrogens (primary N) is 1. The highest BCUT2D eigenvalue weighted by molar-refractivity contribution is 5.94. The number of para-hydroxylation sites is 1. The van der Waals surface area contributed by atoms with Crippen LogP contribution in [0.25, 0.3) is 10.9 Å². The molecule has 86 valence electrons. The van der Waals surface area contributed by atoms with Gasteiger partial charge in [0.2, 0.25) is 0 Å². The number of nitrogens with one attached hydrogen (secondary N) is 2. The Bertz CT molecular complexity index is 478. The molecule has 16 heavy (non-hydrogen) atoms. The van der Waals surface area contributed by atoms with Crippen LogP contribution in [0, 0.1) is 6.92 Å². The molecule has 0 fully saturated rings. The van der Waals surface area contributed by atoms with Gasteiger partial charge in [-0.3, -0.25) is 0 Å². The summed E-state index contributed by atoms with van der Waals surface area (Å²) in [6, 6.07) is 7.88. The van der Waals surface area contributed by atoms with Crippen LogP contribution in [-0.4, -0.2) is 29.3 Å². The normalized spacial score (nSPS) is 12.9. The van der Waals surface area contributed by atoms with Crippen LogP contribution in [0.3, 0.4) is 0 Å². The Hall–Kier alpha value is -1.52. The molecule has 5 N–H and O–H groups in total. The second kappa shape index (κ2) is 4.55. The molecule has 0 saturated carbocycles. The third kappa shape index (κ3) is 2.03. The van der Waals surface area contributed by atoms with Crippen LogP contribution in [0.2, 0.25) is 0 Å². The molecule has 1 aromatic heterocycles. The van der Waals surface area contributed by atoms with E-state index in [0.717, 1.165) is 22.3 Å². The summed E-state index contributed by atoms with van der Waals surface area (Å²) in [5, 5.41) is 13.3. The van der Waals surface area contributed by atoms with Gasteiger partial charge < -0.3 is 21.1 Å². The molecule has 0 amide bonds. The van der Waals surface area contributed by atoms with Gasteiger partial charge in [-0.05, 0) is 13.0 Å². The van der Waals surface area contributed by atoms with Gasteiger partial charge in [0.25, 0.3) is 0 Å². The van der Waals surface area contributed by atoms with Gasteiger partial charge in [0, 0.05) is 29.2 Å². The smallest absolute Gasteiger partial charge is 0.0628 e. The van der Waals surface area contributed by atoms with Crippen molar-refractivity contribution in [1.82, 2.24) is 4.98 Å². The van der Waals surface area contributed by atoms with Crippen LogP contribution in [0.5, 0.6) is 0 Å². The van der Waals surface area contributed by atoms with Crippen LogP contribution in [0.15, 0.2) is 24.3 Å². The van der Waals surface area contributed by atoms with E-state index >= 15 is 0 Å². The Morgan fingerprint density at radius 2 is 2.19 bits per heavy atom. The number of hydrogen-bond donors (Lipinski definition) is 4. The van der Waals surface area contributed by atoms with Crippen molar-refractivity contribution in [1.29, 1.82) is 0 Å². The van der Waals surface area contributed by atoms with Gasteiger partial charge >= 0.3 is 0 Å². The number of rotatable bonds is 4. The lowest BCUT2D eigenvalue weighted by molar-refractivity contribution is 0.270. The average Bonchev–Trinajstić information content (AvgIpc) is 2.62. The summed E-state index contributed by atoms with van der Waals surface area (Å²) in [5.74, 6) is 0. The lowest BCUT2D eigenvalue weighted by Gasteiger charge is -2.11. The van der Waals surface area contributed by atoms with E-state index in [-0.39, 0.29) is 12.6 Å². The van der Waals surface area contributed by atoms with Crippen molar-refractivity contribution < 1.29 is 5.11 Å². The molecular formula is C12H17N3O. The average molecular weight is 219 g/mol. The standard InChI is InChI=1S/C12H17N3O/c1-8-12(14-6-9(13)7-16)10-4-2-3-5-11(10)15-8/h2-5,9,14-16H,6-7,13H2,1H3. The fraction of sp³-hybridized carbons (Fsp3) is 0.333. The van der Waals surface area contributed by atoms with E-state index in [1.807, 2.05) is 25.1 Å². The van der Waals surface area contributed by atoms with Gasteiger partial charge in [0.15, 0.2) is 0 Å². The van der Waals surface area contributed by atoms with Crippen LogP contribution < -0.4 is 11.1 Å². The van der Waals surface area contributed by atoms with E-state index in [9.17, 15) is 0 Å². The lowest BCUT2D eigenvalue weighted by Crippen LogP contribution is -2.32. The Balaban J connectivity index is 2.26. The first kappa shape index (κ1) is 11.0. The van der Waals surface area contributed by atoms with Crippen molar-refractivity contribution in [2.75, 3.05) is 18.5 Å². The van der Waals surface area contributed by atoms with Crippen LogP contribution >= 0.6 is 0 Å². The summed E-state index contributed by atoms with van der Waals surface area (Å²) in [6.07, 6.45) is 0. The quantitative estimate of drug-likeness (QED) is 0.624. The molecule has 0 aliphatic heterocycles. The van der Waals surface area contributed by atoms with Gasteiger partial charge in [0.1, 0.15) is 0 Å². The van der Waals surface area contributed by atoms with Crippen molar-refractivity contribution in [2.45, 2.75) is 13.0 Å². The maximum absolute atomic E-state index is 8.87. The molecule has 4 nitrogen and oxygen atoms in total. The van der Waals surface area contributed by atoms with Crippen molar-refractivity contribution in [3.63, 3.8) is 0 Å². The zero-order chi connectivity index (χ0) is 11.5. The minimum Gasteiger partial charge on any atom is -0.395 e. The second-order valence-corrected chi connectivity index (χ2v) is 3.99. The number of hydrogen-bond acceptors (Lipinski definition) is 3. The van der Waals surface area contributed by atoms with E-state index in [4.69, 9.17) is 10.8 Å². The molecular weight excluding hydrogens is 202 g/mol. The van der Waals surface area contributed by atoms with Crippen LogP contribution in [0.1, 0.15) is 5.69 Å². The molecule has 0 spiro atoms. The third-order valence-electron chi connectivity index (χ3n) is 2.67.